The highest BCUT2D eigenvalue weighted by Crippen LogP contribution is 2.32. The maximum Gasteiger partial charge on any atom is 0.241 e. The van der Waals surface area contributed by atoms with Crippen molar-refractivity contribution in [1.82, 2.24) is 10.1 Å². The Morgan fingerprint density at radius 3 is 2.92 bits per heavy atom. The van der Waals surface area contributed by atoms with Crippen molar-refractivity contribution >= 4 is 11.6 Å². The molecular formula is C19H23N3O2. The predicted octanol–water partition coefficient (Wildman–Crippen LogP) is 3.34. The summed E-state index contributed by atoms with van der Waals surface area (Å²) in [7, 11) is 0. The smallest absolute Gasteiger partial charge is 0.241 e. The molecule has 0 bridgehead atoms. The van der Waals surface area contributed by atoms with E-state index in [0.29, 0.717) is 13.1 Å². The van der Waals surface area contributed by atoms with Crippen LogP contribution in [0.3, 0.4) is 0 Å². The fourth-order valence-corrected chi connectivity index (χ4v) is 3.23. The van der Waals surface area contributed by atoms with Crippen molar-refractivity contribution in [1.29, 1.82) is 0 Å². The lowest BCUT2D eigenvalue weighted by atomic mass is 10.1. The third kappa shape index (κ3) is 3.57. The number of likely N-dealkylation sites (tertiary alicyclic amines) is 1. The molecule has 1 aliphatic rings. The molecule has 2 heterocycles. The Balaban J connectivity index is 1.73. The number of amides is 1. The lowest BCUT2D eigenvalue weighted by molar-refractivity contribution is -0.119. The Morgan fingerprint density at radius 2 is 2.25 bits per heavy atom. The maximum absolute atomic E-state index is 12.9. The zero-order valence-corrected chi connectivity index (χ0v) is 14.0. The van der Waals surface area contributed by atoms with E-state index in [2.05, 4.69) is 16.6 Å². The van der Waals surface area contributed by atoms with E-state index in [-0.39, 0.29) is 11.9 Å². The summed E-state index contributed by atoms with van der Waals surface area (Å²) in [5, 5.41) is 3.98. The molecule has 0 spiro atoms. The molecule has 24 heavy (non-hydrogen) atoms. The van der Waals surface area contributed by atoms with E-state index in [4.69, 9.17) is 4.52 Å². The van der Waals surface area contributed by atoms with Gasteiger partial charge in [-0.15, -0.1) is 6.58 Å². The van der Waals surface area contributed by atoms with Crippen LogP contribution in [-0.4, -0.2) is 35.6 Å². The number of nitrogens with zero attached hydrogens (tertiary/aromatic N) is 3. The summed E-state index contributed by atoms with van der Waals surface area (Å²) in [5.74, 6) is 0.928. The lowest BCUT2D eigenvalue weighted by Gasteiger charge is -2.27. The number of aromatic nitrogens is 1. The average Bonchev–Trinajstić information content (AvgIpc) is 3.22. The Labute approximate surface area is 142 Å². The van der Waals surface area contributed by atoms with Crippen LogP contribution in [0.2, 0.25) is 0 Å². The van der Waals surface area contributed by atoms with Crippen LogP contribution in [0.5, 0.6) is 0 Å². The van der Waals surface area contributed by atoms with Gasteiger partial charge in [-0.05, 0) is 38.4 Å². The second-order valence-corrected chi connectivity index (χ2v) is 6.13. The van der Waals surface area contributed by atoms with Crippen molar-refractivity contribution in [2.24, 2.45) is 0 Å². The summed E-state index contributed by atoms with van der Waals surface area (Å²) in [5.41, 5.74) is 1.77. The lowest BCUT2D eigenvalue weighted by Crippen LogP contribution is -2.40. The minimum atomic E-state index is 0.0734. The molecule has 1 atom stereocenters. The van der Waals surface area contributed by atoms with Crippen molar-refractivity contribution in [3.05, 3.63) is 60.5 Å². The molecular weight excluding hydrogens is 302 g/mol. The molecule has 5 heteroatoms. The first kappa shape index (κ1) is 16.5. The number of carbonyl (C=O) groups is 1. The maximum atomic E-state index is 12.9. The highest BCUT2D eigenvalue weighted by atomic mass is 16.5. The zero-order valence-electron chi connectivity index (χ0n) is 14.0. The van der Waals surface area contributed by atoms with Crippen molar-refractivity contribution in [2.75, 3.05) is 24.5 Å². The molecule has 1 amide bonds. The number of rotatable bonds is 6. The van der Waals surface area contributed by atoms with Gasteiger partial charge in [-0.1, -0.05) is 29.4 Å². The van der Waals surface area contributed by atoms with E-state index >= 15 is 0 Å². The topological polar surface area (TPSA) is 49.6 Å². The van der Waals surface area contributed by atoms with E-state index in [1.807, 2.05) is 43.3 Å². The van der Waals surface area contributed by atoms with Crippen LogP contribution in [0.25, 0.3) is 0 Å². The van der Waals surface area contributed by atoms with Gasteiger partial charge >= 0.3 is 0 Å². The third-order valence-electron chi connectivity index (χ3n) is 4.36. The van der Waals surface area contributed by atoms with E-state index < -0.39 is 0 Å². The number of para-hydroxylation sites is 1. The van der Waals surface area contributed by atoms with Gasteiger partial charge in [-0.25, -0.2) is 0 Å². The summed E-state index contributed by atoms with van der Waals surface area (Å²) >= 11 is 0. The van der Waals surface area contributed by atoms with Crippen molar-refractivity contribution in [3.8, 4) is 0 Å². The van der Waals surface area contributed by atoms with Gasteiger partial charge in [0.1, 0.15) is 0 Å². The number of anilines is 1. The molecule has 5 nitrogen and oxygen atoms in total. The summed E-state index contributed by atoms with van der Waals surface area (Å²) in [4.78, 5) is 16.8. The standard InChI is InChI=1S/C19H23N3O2/c1-3-11-22(16-8-5-4-6-9-16)19(23)14-21-12-7-10-17(21)18-13-15(2)20-24-18/h3-6,8-9,13,17H,1,7,10-12,14H2,2H3/t17-/m0/s1. The number of hydrogen-bond donors (Lipinski definition) is 0. The monoisotopic (exact) mass is 325 g/mol. The van der Waals surface area contributed by atoms with E-state index in [9.17, 15) is 4.79 Å². The van der Waals surface area contributed by atoms with Gasteiger partial charge in [-0.3, -0.25) is 9.69 Å². The van der Waals surface area contributed by atoms with Crippen LogP contribution in [0.4, 0.5) is 5.69 Å². The fourth-order valence-electron chi connectivity index (χ4n) is 3.23. The number of aryl methyl sites for hydroxylation is 1. The zero-order chi connectivity index (χ0) is 16.9. The molecule has 1 aromatic carbocycles. The van der Waals surface area contributed by atoms with Gasteiger partial charge in [0.25, 0.3) is 0 Å². The second kappa shape index (κ2) is 7.45. The molecule has 2 aromatic rings. The van der Waals surface area contributed by atoms with Crippen molar-refractivity contribution < 1.29 is 9.32 Å². The van der Waals surface area contributed by atoms with E-state index in [1.54, 1.807) is 11.0 Å². The van der Waals surface area contributed by atoms with Gasteiger partial charge in [0, 0.05) is 18.3 Å². The fraction of sp³-hybridized carbons (Fsp3) is 0.368. The van der Waals surface area contributed by atoms with E-state index in [1.165, 1.54) is 0 Å². The largest absolute Gasteiger partial charge is 0.359 e. The number of benzene rings is 1. The van der Waals surface area contributed by atoms with Gasteiger partial charge in [0.2, 0.25) is 5.91 Å². The Morgan fingerprint density at radius 1 is 1.46 bits per heavy atom. The minimum absolute atomic E-state index is 0.0734. The van der Waals surface area contributed by atoms with Gasteiger partial charge < -0.3 is 9.42 Å². The summed E-state index contributed by atoms with van der Waals surface area (Å²) < 4.78 is 5.42. The Kier molecular flexibility index (Phi) is 5.11. The second-order valence-electron chi connectivity index (χ2n) is 6.13. The van der Waals surface area contributed by atoms with Crippen LogP contribution in [0, 0.1) is 6.92 Å². The molecule has 1 aromatic heterocycles. The Hall–Kier alpha value is -2.40. The van der Waals surface area contributed by atoms with Gasteiger partial charge in [0.05, 0.1) is 18.3 Å². The van der Waals surface area contributed by atoms with Crippen molar-refractivity contribution in [2.45, 2.75) is 25.8 Å². The number of hydrogen-bond acceptors (Lipinski definition) is 4. The van der Waals surface area contributed by atoms with Gasteiger partial charge in [-0.2, -0.15) is 0 Å². The first-order valence-corrected chi connectivity index (χ1v) is 8.32. The highest BCUT2D eigenvalue weighted by Gasteiger charge is 2.31. The Bertz CT molecular complexity index is 696. The average molecular weight is 325 g/mol. The molecule has 3 rings (SSSR count). The highest BCUT2D eigenvalue weighted by molar-refractivity contribution is 5.95. The first-order chi connectivity index (χ1) is 11.7. The van der Waals surface area contributed by atoms with Crippen LogP contribution < -0.4 is 4.90 Å². The first-order valence-electron chi connectivity index (χ1n) is 8.32. The minimum Gasteiger partial charge on any atom is -0.359 e. The van der Waals surface area contributed by atoms with Gasteiger partial charge in [0.15, 0.2) is 5.76 Å². The van der Waals surface area contributed by atoms with Crippen LogP contribution in [0.1, 0.15) is 30.3 Å². The summed E-state index contributed by atoms with van der Waals surface area (Å²) in [6.07, 6.45) is 3.81. The molecule has 0 radical (unpaired) electrons. The van der Waals surface area contributed by atoms with Crippen LogP contribution >= 0.6 is 0 Å². The molecule has 0 N–H and O–H groups in total. The van der Waals surface area contributed by atoms with Crippen LogP contribution in [0.15, 0.2) is 53.6 Å². The molecule has 1 saturated heterocycles. The molecule has 0 unspecified atom stereocenters. The third-order valence-corrected chi connectivity index (χ3v) is 4.36. The van der Waals surface area contributed by atoms with Crippen molar-refractivity contribution in [3.63, 3.8) is 0 Å². The normalized spacial score (nSPS) is 17.8. The van der Waals surface area contributed by atoms with E-state index in [0.717, 1.165) is 36.5 Å². The molecule has 1 fully saturated rings. The SMILES string of the molecule is C=CCN(C(=O)CN1CCC[C@H]1c1cc(C)no1)c1ccccc1. The predicted molar refractivity (Wildman–Crippen MR) is 93.8 cm³/mol. The molecule has 0 saturated carbocycles. The molecule has 1 aliphatic heterocycles. The number of carbonyl (C=O) groups excluding carboxylic acids is 1. The summed E-state index contributed by atoms with van der Waals surface area (Å²) in [6, 6.07) is 11.8. The van der Waals surface area contributed by atoms with Crippen LogP contribution in [-0.2, 0) is 4.79 Å². The molecule has 126 valence electrons. The molecule has 0 aliphatic carbocycles. The summed E-state index contributed by atoms with van der Waals surface area (Å²) in [6.45, 7) is 7.46. The quantitative estimate of drug-likeness (QED) is 0.764.